The lowest BCUT2D eigenvalue weighted by Gasteiger charge is -2.33. The van der Waals surface area contributed by atoms with Gasteiger partial charge in [-0.15, -0.1) is 0 Å². The van der Waals surface area contributed by atoms with Crippen molar-refractivity contribution in [1.29, 1.82) is 0 Å². The van der Waals surface area contributed by atoms with E-state index in [0.29, 0.717) is 42.5 Å². The van der Waals surface area contributed by atoms with Gasteiger partial charge in [-0.1, -0.05) is 13.8 Å². The molecular weight excluding hydrogens is 388 g/mol. The minimum atomic E-state index is -0.546. The molecule has 1 aromatic carbocycles. The van der Waals surface area contributed by atoms with E-state index in [2.05, 4.69) is 9.97 Å². The summed E-state index contributed by atoms with van der Waals surface area (Å²) in [7, 11) is 0. The summed E-state index contributed by atoms with van der Waals surface area (Å²) in [5, 5.41) is 11.7. The molecule has 0 radical (unpaired) electrons. The van der Waals surface area contributed by atoms with Gasteiger partial charge in [-0.2, -0.15) is 0 Å². The van der Waals surface area contributed by atoms with E-state index in [0.717, 1.165) is 5.82 Å². The van der Waals surface area contributed by atoms with Crippen molar-refractivity contribution in [1.82, 2.24) is 14.9 Å². The van der Waals surface area contributed by atoms with Gasteiger partial charge >= 0.3 is 11.8 Å². The van der Waals surface area contributed by atoms with Gasteiger partial charge < -0.3 is 19.4 Å². The monoisotopic (exact) mass is 418 g/mol. The van der Waals surface area contributed by atoms with Crippen molar-refractivity contribution in [2.24, 2.45) is 0 Å². The topological polar surface area (TPSA) is 111 Å². The molecule has 9 nitrogen and oxygen atoms in total. The molecule has 1 aliphatic heterocycles. The molecule has 1 aromatic heterocycles. The molecule has 30 heavy (non-hydrogen) atoms. The van der Waals surface area contributed by atoms with Gasteiger partial charge in [-0.3, -0.25) is 10.1 Å². The summed E-state index contributed by atoms with van der Waals surface area (Å²) in [5.41, 5.74) is 1.35. The molecule has 3 rings (SSSR count). The van der Waals surface area contributed by atoms with Crippen LogP contribution in [0.1, 0.15) is 64.8 Å². The van der Waals surface area contributed by atoms with Crippen molar-refractivity contribution in [2.45, 2.75) is 72.0 Å². The largest absolute Gasteiger partial charge is 0.483 e. The summed E-state index contributed by atoms with van der Waals surface area (Å²) in [6, 6.07) is 1.49. The standard InChI is InChI=1S/C21H30N4O5/c1-12(2)19-22-15-11-16(25(27)28)18(13(3)17(15)23-19)29-14-7-9-24(10-8-14)20(26)30-21(4,5)6/h11-12,14H,7-10H2,1-6H3,(H,22,23). The molecule has 1 saturated heterocycles. The van der Waals surface area contributed by atoms with Crippen LogP contribution < -0.4 is 4.74 Å². The number of hydrogen-bond acceptors (Lipinski definition) is 6. The average molecular weight is 418 g/mol. The van der Waals surface area contributed by atoms with E-state index < -0.39 is 10.5 Å². The molecule has 1 amide bonds. The molecule has 0 atom stereocenters. The van der Waals surface area contributed by atoms with Gasteiger partial charge in [-0.05, 0) is 27.7 Å². The number of piperidine rings is 1. The van der Waals surface area contributed by atoms with E-state index in [4.69, 9.17) is 9.47 Å². The van der Waals surface area contributed by atoms with Crippen LogP contribution in [-0.4, -0.2) is 50.7 Å². The lowest BCUT2D eigenvalue weighted by atomic mass is 10.1. The first kappa shape index (κ1) is 21.9. The van der Waals surface area contributed by atoms with Crippen LogP contribution in [0.25, 0.3) is 11.0 Å². The number of nitro benzene ring substituents is 1. The smallest absolute Gasteiger partial charge is 0.410 e. The fourth-order valence-corrected chi connectivity index (χ4v) is 3.51. The molecule has 1 N–H and O–H groups in total. The molecule has 1 aliphatic rings. The summed E-state index contributed by atoms with van der Waals surface area (Å²) in [6.45, 7) is 12.3. The number of ether oxygens (including phenoxy) is 2. The first-order chi connectivity index (χ1) is 14.0. The molecule has 0 unspecified atom stereocenters. The van der Waals surface area contributed by atoms with E-state index in [1.807, 2.05) is 34.6 Å². The number of amides is 1. The Balaban J connectivity index is 1.79. The number of fused-ring (bicyclic) bond motifs is 1. The van der Waals surface area contributed by atoms with Crippen molar-refractivity contribution in [3.63, 3.8) is 0 Å². The highest BCUT2D eigenvalue weighted by atomic mass is 16.6. The quantitative estimate of drug-likeness (QED) is 0.570. The SMILES string of the molecule is Cc1c(OC2CCN(C(=O)OC(C)(C)C)CC2)c([N+](=O)[O-])cc2[nH]c(C(C)C)nc12. The summed E-state index contributed by atoms with van der Waals surface area (Å²) in [4.78, 5) is 32.9. The van der Waals surface area contributed by atoms with Crippen molar-refractivity contribution in [3.05, 3.63) is 27.6 Å². The number of carbonyl (C=O) groups is 1. The number of H-pyrrole nitrogens is 1. The van der Waals surface area contributed by atoms with E-state index in [9.17, 15) is 14.9 Å². The molecule has 9 heteroatoms. The number of imidazole rings is 1. The predicted octanol–water partition coefficient (Wildman–Crippen LogP) is 4.68. The zero-order valence-corrected chi connectivity index (χ0v) is 18.4. The van der Waals surface area contributed by atoms with Crippen LogP contribution in [0.5, 0.6) is 5.75 Å². The Kier molecular flexibility index (Phi) is 5.92. The van der Waals surface area contributed by atoms with E-state index in [-0.39, 0.29) is 29.6 Å². The predicted molar refractivity (Wildman–Crippen MR) is 113 cm³/mol. The number of nitrogens with one attached hydrogen (secondary N) is 1. The molecule has 164 valence electrons. The fraction of sp³-hybridized carbons (Fsp3) is 0.619. The Morgan fingerprint density at radius 1 is 1.33 bits per heavy atom. The third kappa shape index (κ3) is 4.66. The van der Waals surface area contributed by atoms with Gasteiger partial charge in [0.2, 0.25) is 5.75 Å². The Bertz CT molecular complexity index is 952. The van der Waals surface area contributed by atoms with Crippen LogP contribution in [0.3, 0.4) is 0 Å². The summed E-state index contributed by atoms with van der Waals surface area (Å²) in [5.74, 6) is 1.22. The maximum Gasteiger partial charge on any atom is 0.410 e. The highest BCUT2D eigenvalue weighted by molar-refractivity contribution is 5.85. The Labute approximate surface area is 175 Å². The molecule has 2 heterocycles. The van der Waals surface area contributed by atoms with Crippen molar-refractivity contribution >= 4 is 22.8 Å². The number of rotatable bonds is 4. The van der Waals surface area contributed by atoms with Crippen LogP contribution in [0, 0.1) is 17.0 Å². The van der Waals surface area contributed by atoms with Crippen LogP contribution in [0.2, 0.25) is 0 Å². The molecule has 0 aliphatic carbocycles. The number of nitrogens with zero attached hydrogens (tertiary/aromatic N) is 3. The zero-order valence-electron chi connectivity index (χ0n) is 18.4. The van der Waals surface area contributed by atoms with Crippen molar-refractivity contribution in [2.75, 3.05) is 13.1 Å². The number of hydrogen-bond donors (Lipinski definition) is 1. The van der Waals surface area contributed by atoms with Crippen LogP contribution in [-0.2, 0) is 4.74 Å². The van der Waals surface area contributed by atoms with Gasteiger partial charge in [0.15, 0.2) is 0 Å². The number of benzene rings is 1. The molecule has 2 aromatic rings. The number of aromatic amines is 1. The minimum absolute atomic E-state index is 0.0754. The van der Waals surface area contributed by atoms with Gasteiger partial charge in [0.05, 0.1) is 16.0 Å². The number of carbonyl (C=O) groups excluding carboxylic acids is 1. The van der Waals surface area contributed by atoms with E-state index in [1.165, 1.54) is 6.07 Å². The van der Waals surface area contributed by atoms with E-state index in [1.54, 1.807) is 11.8 Å². The van der Waals surface area contributed by atoms with Gasteiger partial charge in [-0.25, -0.2) is 9.78 Å². The second kappa shape index (κ2) is 8.12. The van der Waals surface area contributed by atoms with Crippen molar-refractivity contribution in [3.8, 4) is 5.75 Å². The Hall–Kier alpha value is -2.84. The Morgan fingerprint density at radius 3 is 2.50 bits per heavy atom. The summed E-state index contributed by atoms with van der Waals surface area (Å²) < 4.78 is 11.5. The second-order valence-electron chi connectivity index (χ2n) is 9.06. The van der Waals surface area contributed by atoms with Crippen molar-refractivity contribution < 1.29 is 19.2 Å². The third-order valence-electron chi connectivity index (χ3n) is 5.08. The first-order valence-corrected chi connectivity index (χ1v) is 10.3. The van der Waals surface area contributed by atoms with Gasteiger partial charge in [0, 0.05) is 43.5 Å². The Morgan fingerprint density at radius 2 is 1.97 bits per heavy atom. The molecular formula is C21H30N4O5. The van der Waals surface area contributed by atoms with Gasteiger partial charge in [0.25, 0.3) is 0 Å². The van der Waals surface area contributed by atoms with Crippen LogP contribution in [0.4, 0.5) is 10.5 Å². The molecule has 0 spiro atoms. The maximum absolute atomic E-state index is 12.2. The molecule has 1 fully saturated rings. The summed E-state index contributed by atoms with van der Waals surface area (Å²) in [6.07, 6.45) is 0.585. The number of aryl methyl sites for hydroxylation is 1. The number of nitro groups is 1. The fourth-order valence-electron chi connectivity index (χ4n) is 3.51. The van der Waals surface area contributed by atoms with Crippen LogP contribution in [0.15, 0.2) is 6.07 Å². The van der Waals surface area contributed by atoms with E-state index >= 15 is 0 Å². The first-order valence-electron chi connectivity index (χ1n) is 10.3. The van der Waals surface area contributed by atoms with Gasteiger partial charge in [0.1, 0.15) is 17.5 Å². The molecule has 0 saturated carbocycles. The average Bonchev–Trinajstić information content (AvgIpc) is 3.08. The maximum atomic E-state index is 12.2. The zero-order chi connectivity index (χ0) is 22.2. The number of likely N-dealkylation sites (tertiary alicyclic amines) is 1. The summed E-state index contributed by atoms with van der Waals surface area (Å²) >= 11 is 0. The third-order valence-corrected chi connectivity index (χ3v) is 5.08. The highest BCUT2D eigenvalue weighted by Crippen LogP contribution is 2.38. The lowest BCUT2D eigenvalue weighted by Crippen LogP contribution is -2.44. The number of aromatic nitrogens is 2. The second-order valence-corrected chi connectivity index (χ2v) is 9.06. The normalized spacial score (nSPS) is 15.6. The lowest BCUT2D eigenvalue weighted by molar-refractivity contribution is -0.386. The highest BCUT2D eigenvalue weighted by Gasteiger charge is 2.30. The minimum Gasteiger partial charge on any atom is -0.483 e. The van der Waals surface area contributed by atoms with Crippen LogP contribution >= 0.6 is 0 Å². The molecule has 0 bridgehead atoms.